The predicted octanol–water partition coefficient (Wildman–Crippen LogP) is 3.63. The molecular weight excluding hydrogens is 336 g/mol. The summed E-state index contributed by atoms with van der Waals surface area (Å²) >= 11 is 0. The van der Waals surface area contributed by atoms with Crippen molar-refractivity contribution in [3.63, 3.8) is 0 Å². The van der Waals surface area contributed by atoms with Gasteiger partial charge in [-0.1, -0.05) is 31.2 Å². The predicted molar refractivity (Wildman–Crippen MR) is 100 cm³/mol. The van der Waals surface area contributed by atoms with E-state index in [1.54, 1.807) is 25.1 Å². The van der Waals surface area contributed by atoms with Gasteiger partial charge in [-0.2, -0.15) is 0 Å². The van der Waals surface area contributed by atoms with E-state index in [1.165, 1.54) is 12.1 Å². The highest BCUT2D eigenvalue weighted by atomic mass is 32.2. The molecule has 1 unspecified atom stereocenters. The molecule has 0 aromatic heterocycles. The fourth-order valence-electron chi connectivity index (χ4n) is 2.31. The lowest BCUT2D eigenvalue weighted by atomic mass is 10.1. The second-order valence-electron chi connectivity index (χ2n) is 6.18. The number of carbonyl (C=O) groups is 1. The van der Waals surface area contributed by atoms with Crippen LogP contribution in [0.1, 0.15) is 41.8 Å². The summed E-state index contributed by atoms with van der Waals surface area (Å²) in [4.78, 5) is 12.5. The zero-order valence-corrected chi connectivity index (χ0v) is 15.8. The highest BCUT2D eigenvalue weighted by Gasteiger charge is 2.19. The van der Waals surface area contributed by atoms with Gasteiger partial charge >= 0.3 is 0 Å². The second-order valence-corrected chi connectivity index (χ2v) is 7.86. The third-order valence-electron chi connectivity index (χ3n) is 4.14. The number of anilines is 1. The first kappa shape index (κ1) is 19.0. The lowest BCUT2D eigenvalue weighted by molar-refractivity contribution is 0.0938. The number of para-hydroxylation sites is 1. The van der Waals surface area contributed by atoms with E-state index in [-0.39, 0.29) is 16.8 Å². The topological polar surface area (TPSA) is 75.3 Å². The fourth-order valence-corrected chi connectivity index (χ4v) is 3.46. The first-order valence-electron chi connectivity index (χ1n) is 8.24. The number of benzene rings is 2. The van der Waals surface area contributed by atoms with Crippen LogP contribution in [0.25, 0.3) is 0 Å². The van der Waals surface area contributed by atoms with Crippen molar-refractivity contribution in [2.45, 2.75) is 45.1 Å². The quantitative estimate of drug-likeness (QED) is 0.826. The van der Waals surface area contributed by atoms with Crippen LogP contribution in [-0.2, 0) is 10.0 Å². The molecule has 134 valence electrons. The number of rotatable bonds is 6. The van der Waals surface area contributed by atoms with Crippen molar-refractivity contribution in [3.05, 3.63) is 59.2 Å². The highest BCUT2D eigenvalue weighted by Crippen LogP contribution is 2.21. The van der Waals surface area contributed by atoms with Crippen molar-refractivity contribution in [1.29, 1.82) is 0 Å². The van der Waals surface area contributed by atoms with Crippen LogP contribution < -0.4 is 10.0 Å². The smallest absolute Gasteiger partial charge is 0.261 e. The lowest BCUT2D eigenvalue weighted by Gasteiger charge is -2.15. The van der Waals surface area contributed by atoms with Gasteiger partial charge in [-0.15, -0.1) is 0 Å². The molecule has 0 saturated heterocycles. The van der Waals surface area contributed by atoms with Crippen molar-refractivity contribution in [2.24, 2.45) is 0 Å². The maximum atomic E-state index is 12.7. The van der Waals surface area contributed by atoms with Gasteiger partial charge in [0.1, 0.15) is 0 Å². The van der Waals surface area contributed by atoms with Gasteiger partial charge in [0.05, 0.1) is 10.6 Å². The van der Waals surface area contributed by atoms with Crippen LogP contribution in [-0.4, -0.2) is 20.4 Å². The maximum absolute atomic E-state index is 12.7. The Bertz CT molecular complexity index is 876. The summed E-state index contributed by atoms with van der Waals surface area (Å²) in [6, 6.07) is 11.8. The molecule has 0 heterocycles. The van der Waals surface area contributed by atoms with Gasteiger partial charge in [-0.3, -0.25) is 9.52 Å². The van der Waals surface area contributed by atoms with Gasteiger partial charge in [0.15, 0.2) is 0 Å². The normalized spacial score (nSPS) is 12.5. The van der Waals surface area contributed by atoms with Crippen molar-refractivity contribution >= 4 is 21.6 Å². The Morgan fingerprint density at radius 2 is 1.76 bits per heavy atom. The van der Waals surface area contributed by atoms with Crippen LogP contribution in [0.15, 0.2) is 47.4 Å². The van der Waals surface area contributed by atoms with E-state index in [9.17, 15) is 13.2 Å². The number of sulfonamides is 1. The van der Waals surface area contributed by atoms with E-state index in [1.807, 2.05) is 32.9 Å². The van der Waals surface area contributed by atoms with E-state index >= 15 is 0 Å². The monoisotopic (exact) mass is 360 g/mol. The Morgan fingerprint density at radius 1 is 1.08 bits per heavy atom. The number of aryl methyl sites for hydroxylation is 2. The third kappa shape index (κ3) is 4.60. The zero-order valence-electron chi connectivity index (χ0n) is 15.0. The van der Waals surface area contributed by atoms with Gasteiger partial charge in [0.25, 0.3) is 15.9 Å². The summed E-state index contributed by atoms with van der Waals surface area (Å²) in [5.74, 6) is -0.264. The molecule has 0 saturated carbocycles. The molecule has 1 amide bonds. The Labute approximate surface area is 149 Å². The number of nitrogens with one attached hydrogen (secondary N) is 2. The summed E-state index contributed by atoms with van der Waals surface area (Å²) in [6.45, 7) is 7.51. The summed E-state index contributed by atoms with van der Waals surface area (Å²) in [5, 5.41) is 2.87. The van der Waals surface area contributed by atoms with Gasteiger partial charge in [0.2, 0.25) is 0 Å². The van der Waals surface area contributed by atoms with E-state index in [4.69, 9.17) is 0 Å². The van der Waals surface area contributed by atoms with Gasteiger partial charge in [-0.05, 0) is 56.5 Å². The number of hydrogen-bond acceptors (Lipinski definition) is 3. The second kappa shape index (κ2) is 7.70. The Morgan fingerprint density at radius 3 is 2.40 bits per heavy atom. The molecule has 25 heavy (non-hydrogen) atoms. The summed E-state index contributed by atoms with van der Waals surface area (Å²) < 4.78 is 27.9. The molecule has 6 heteroatoms. The molecule has 0 aliphatic heterocycles. The molecule has 0 fully saturated rings. The van der Waals surface area contributed by atoms with Crippen molar-refractivity contribution < 1.29 is 13.2 Å². The van der Waals surface area contributed by atoms with Gasteiger partial charge in [-0.25, -0.2) is 8.42 Å². The van der Waals surface area contributed by atoms with E-state index < -0.39 is 10.0 Å². The van der Waals surface area contributed by atoms with Crippen LogP contribution in [0, 0.1) is 13.8 Å². The molecule has 2 aromatic carbocycles. The molecule has 2 N–H and O–H groups in total. The Kier molecular flexibility index (Phi) is 5.85. The standard InChI is InChI=1S/C19H24N2O3S/c1-5-15(4)20-19(22)17-12-16(11-10-13(17)2)25(23,24)21-18-9-7-6-8-14(18)3/h6-12,15,21H,5H2,1-4H3,(H,20,22). The molecular formula is C19H24N2O3S. The van der Waals surface area contributed by atoms with Crippen LogP contribution in [0.2, 0.25) is 0 Å². The van der Waals surface area contributed by atoms with Crippen molar-refractivity contribution in [3.8, 4) is 0 Å². The largest absolute Gasteiger partial charge is 0.350 e. The van der Waals surface area contributed by atoms with Crippen LogP contribution in [0.4, 0.5) is 5.69 Å². The summed E-state index contributed by atoms with van der Waals surface area (Å²) in [6.07, 6.45) is 0.803. The summed E-state index contributed by atoms with van der Waals surface area (Å²) in [7, 11) is -3.77. The Balaban J connectivity index is 2.34. The summed E-state index contributed by atoms with van der Waals surface area (Å²) in [5.41, 5.74) is 2.45. The highest BCUT2D eigenvalue weighted by molar-refractivity contribution is 7.92. The maximum Gasteiger partial charge on any atom is 0.261 e. The van der Waals surface area contributed by atoms with E-state index in [0.29, 0.717) is 11.3 Å². The molecule has 2 aromatic rings. The van der Waals surface area contributed by atoms with Gasteiger partial charge in [0, 0.05) is 11.6 Å². The SMILES string of the molecule is CCC(C)NC(=O)c1cc(S(=O)(=O)Nc2ccccc2C)ccc1C. The molecule has 0 aliphatic carbocycles. The minimum absolute atomic E-state index is 0.0252. The molecule has 2 rings (SSSR count). The van der Waals surface area contributed by atoms with Gasteiger partial charge < -0.3 is 5.32 Å². The molecule has 5 nitrogen and oxygen atoms in total. The van der Waals surface area contributed by atoms with Crippen LogP contribution in [0.5, 0.6) is 0 Å². The first-order valence-corrected chi connectivity index (χ1v) is 9.73. The zero-order chi connectivity index (χ0) is 18.6. The molecule has 0 bridgehead atoms. The Hall–Kier alpha value is -2.34. The number of amides is 1. The van der Waals surface area contributed by atoms with E-state index in [2.05, 4.69) is 10.0 Å². The number of carbonyl (C=O) groups excluding carboxylic acids is 1. The molecule has 0 spiro atoms. The lowest BCUT2D eigenvalue weighted by Crippen LogP contribution is -2.32. The van der Waals surface area contributed by atoms with E-state index in [0.717, 1.165) is 17.5 Å². The average molecular weight is 360 g/mol. The number of hydrogen-bond donors (Lipinski definition) is 2. The molecule has 0 aliphatic rings. The average Bonchev–Trinajstić information content (AvgIpc) is 2.56. The third-order valence-corrected chi connectivity index (χ3v) is 5.51. The van der Waals surface area contributed by atoms with Crippen molar-refractivity contribution in [1.82, 2.24) is 5.32 Å². The fraction of sp³-hybridized carbons (Fsp3) is 0.316. The van der Waals surface area contributed by atoms with Crippen LogP contribution >= 0.6 is 0 Å². The van der Waals surface area contributed by atoms with Crippen LogP contribution in [0.3, 0.4) is 0 Å². The first-order chi connectivity index (χ1) is 11.7. The minimum atomic E-state index is -3.77. The molecule has 1 atom stereocenters. The van der Waals surface area contributed by atoms with Crippen molar-refractivity contribution in [2.75, 3.05) is 4.72 Å². The molecule has 0 radical (unpaired) electrons. The minimum Gasteiger partial charge on any atom is -0.350 e.